The number of carboxylic acids is 1. The number of rotatable bonds is 5. The zero-order valence-corrected chi connectivity index (χ0v) is 10.9. The van der Waals surface area contributed by atoms with Crippen LogP contribution in [0, 0.1) is 0 Å². The van der Waals surface area contributed by atoms with Crippen molar-refractivity contribution < 1.29 is 23.4 Å². The Morgan fingerprint density at radius 2 is 1.89 bits per heavy atom. The Morgan fingerprint density at radius 3 is 2.28 bits per heavy atom. The quantitative estimate of drug-likeness (QED) is 0.733. The number of benzene rings is 1. The predicted molar refractivity (Wildman–Crippen MR) is 62.2 cm³/mol. The third-order valence-corrected chi connectivity index (χ3v) is 3.85. The molecule has 2 N–H and O–H groups in total. The minimum Gasteiger partial charge on any atom is -0.548 e. The third-order valence-electron chi connectivity index (χ3n) is 2.14. The smallest absolute Gasteiger partial charge is 0.241 e. The molecule has 0 aromatic heterocycles. The van der Waals surface area contributed by atoms with Crippen molar-refractivity contribution in [1.82, 2.24) is 4.72 Å². The molecule has 0 aliphatic carbocycles. The lowest BCUT2D eigenvalue weighted by atomic mass is 10.2. The largest absolute Gasteiger partial charge is 0.548 e. The van der Waals surface area contributed by atoms with Crippen molar-refractivity contribution in [3.8, 4) is 0 Å². The summed E-state index contributed by atoms with van der Waals surface area (Å²) in [5.74, 6) is -1.71. The van der Waals surface area contributed by atoms with E-state index in [1.165, 1.54) is 24.3 Å². The van der Waals surface area contributed by atoms with Gasteiger partial charge < -0.3 is 15.0 Å². The van der Waals surface area contributed by atoms with Crippen molar-refractivity contribution >= 4 is 27.6 Å². The Morgan fingerprint density at radius 1 is 1.39 bits per heavy atom. The number of aliphatic hydroxyl groups is 1. The van der Waals surface area contributed by atoms with Crippen LogP contribution in [0.3, 0.4) is 0 Å². The Labute approximate surface area is 109 Å². The van der Waals surface area contributed by atoms with E-state index in [4.69, 9.17) is 16.7 Å². The fourth-order valence-corrected chi connectivity index (χ4v) is 2.58. The van der Waals surface area contributed by atoms with E-state index in [1.807, 2.05) is 4.72 Å². The maximum atomic E-state index is 11.8. The van der Waals surface area contributed by atoms with Crippen LogP contribution in [0.25, 0.3) is 0 Å². The molecule has 0 spiro atoms. The van der Waals surface area contributed by atoms with E-state index < -0.39 is 28.1 Å². The highest BCUT2D eigenvalue weighted by molar-refractivity contribution is 7.89. The molecule has 0 aliphatic rings. The SMILES string of the molecule is C[C@@H](O)[C@H](NS(=O)(=O)c1ccc(Cl)cc1)C(=O)[O-]. The second kappa shape index (κ2) is 5.66. The highest BCUT2D eigenvalue weighted by atomic mass is 35.5. The summed E-state index contributed by atoms with van der Waals surface area (Å²) >= 11 is 5.61. The highest BCUT2D eigenvalue weighted by Crippen LogP contribution is 2.14. The summed E-state index contributed by atoms with van der Waals surface area (Å²) < 4.78 is 25.5. The summed E-state index contributed by atoms with van der Waals surface area (Å²) in [7, 11) is -4.06. The Balaban J connectivity index is 3.01. The van der Waals surface area contributed by atoms with Crippen LogP contribution in [0.2, 0.25) is 5.02 Å². The van der Waals surface area contributed by atoms with Gasteiger partial charge in [-0.1, -0.05) is 11.6 Å². The van der Waals surface area contributed by atoms with Gasteiger partial charge in [0, 0.05) is 5.02 Å². The topological polar surface area (TPSA) is 107 Å². The van der Waals surface area contributed by atoms with E-state index in [-0.39, 0.29) is 4.90 Å². The lowest BCUT2D eigenvalue weighted by Crippen LogP contribution is -2.53. The Bertz CT molecular complexity index is 526. The molecule has 0 aliphatic heterocycles. The molecule has 0 heterocycles. The van der Waals surface area contributed by atoms with E-state index in [0.29, 0.717) is 5.02 Å². The number of halogens is 1. The normalized spacial score (nSPS) is 15.1. The van der Waals surface area contributed by atoms with Crippen LogP contribution in [-0.4, -0.2) is 31.6 Å². The van der Waals surface area contributed by atoms with E-state index in [9.17, 15) is 18.3 Å². The molecule has 0 saturated carbocycles. The summed E-state index contributed by atoms with van der Waals surface area (Å²) in [6.45, 7) is 1.14. The molecule has 8 heteroatoms. The summed E-state index contributed by atoms with van der Waals surface area (Å²) in [5.41, 5.74) is 0. The van der Waals surface area contributed by atoms with Gasteiger partial charge in [-0.25, -0.2) is 8.42 Å². The van der Waals surface area contributed by atoms with Crippen LogP contribution in [0.5, 0.6) is 0 Å². The van der Waals surface area contributed by atoms with E-state index in [2.05, 4.69) is 0 Å². The number of carbonyl (C=O) groups is 1. The molecule has 0 bridgehead atoms. The first-order chi connectivity index (χ1) is 8.24. The molecule has 0 unspecified atom stereocenters. The van der Waals surface area contributed by atoms with Crippen molar-refractivity contribution in [1.29, 1.82) is 0 Å². The van der Waals surface area contributed by atoms with Gasteiger partial charge in [-0.2, -0.15) is 4.72 Å². The molecular formula is C10H11ClNO5S-. The average Bonchev–Trinajstić information content (AvgIpc) is 2.26. The number of sulfonamides is 1. The van der Waals surface area contributed by atoms with Crippen LogP contribution in [0.1, 0.15) is 6.92 Å². The van der Waals surface area contributed by atoms with Gasteiger partial charge in [-0.05, 0) is 31.2 Å². The van der Waals surface area contributed by atoms with Gasteiger partial charge in [-0.3, -0.25) is 0 Å². The van der Waals surface area contributed by atoms with Gasteiger partial charge in [-0.15, -0.1) is 0 Å². The van der Waals surface area contributed by atoms with Crippen molar-refractivity contribution in [2.75, 3.05) is 0 Å². The number of aliphatic hydroxyl groups excluding tert-OH is 1. The third kappa shape index (κ3) is 3.67. The molecule has 1 aromatic carbocycles. The first-order valence-corrected chi connectivity index (χ1v) is 6.77. The second-order valence-electron chi connectivity index (χ2n) is 3.61. The van der Waals surface area contributed by atoms with Gasteiger partial charge in [0.05, 0.1) is 23.0 Å². The zero-order valence-electron chi connectivity index (χ0n) is 9.33. The van der Waals surface area contributed by atoms with Gasteiger partial charge in [0.2, 0.25) is 10.0 Å². The van der Waals surface area contributed by atoms with E-state index >= 15 is 0 Å². The minimum absolute atomic E-state index is 0.154. The van der Waals surface area contributed by atoms with Crippen LogP contribution < -0.4 is 9.83 Å². The summed E-state index contributed by atoms with van der Waals surface area (Å²) in [6.07, 6.45) is -1.42. The van der Waals surface area contributed by atoms with Crippen molar-refractivity contribution in [2.24, 2.45) is 0 Å². The summed E-state index contributed by atoms with van der Waals surface area (Å²) in [5, 5.41) is 20.2. The van der Waals surface area contributed by atoms with E-state index in [0.717, 1.165) is 6.92 Å². The molecule has 18 heavy (non-hydrogen) atoms. The van der Waals surface area contributed by atoms with Crippen molar-refractivity contribution in [2.45, 2.75) is 24.0 Å². The second-order valence-corrected chi connectivity index (χ2v) is 5.76. The van der Waals surface area contributed by atoms with Crippen LogP contribution in [-0.2, 0) is 14.8 Å². The number of aliphatic carboxylic acids is 1. The monoisotopic (exact) mass is 292 g/mol. The standard InChI is InChI=1S/C10H12ClNO5S/c1-6(13)9(10(14)15)12-18(16,17)8-4-2-7(11)3-5-8/h2-6,9,12-13H,1H3,(H,14,15)/p-1/t6-,9+/m1/s1. The summed E-state index contributed by atoms with van der Waals surface area (Å²) in [6, 6.07) is 3.43. The molecule has 0 fully saturated rings. The van der Waals surface area contributed by atoms with Crippen molar-refractivity contribution in [3.63, 3.8) is 0 Å². The molecule has 1 aromatic rings. The molecule has 1 rings (SSSR count). The molecule has 0 saturated heterocycles. The van der Waals surface area contributed by atoms with Crippen LogP contribution in [0.4, 0.5) is 0 Å². The molecule has 0 radical (unpaired) electrons. The summed E-state index contributed by atoms with van der Waals surface area (Å²) in [4.78, 5) is 10.5. The molecule has 2 atom stereocenters. The van der Waals surface area contributed by atoms with Gasteiger partial charge in [0.25, 0.3) is 0 Å². The molecule has 0 amide bonds. The van der Waals surface area contributed by atoms with Gasteiger partial charge in [0.15, 0.2) is 0 Å². The molecule has 100 valence electrons. The highest BCUT2D eigenvalue weighted by Gasteiger charge is 2.24. The Kier molecular flexibility index (Phi) is 4.69. The number of hydrogen-bond acceptors (Lipinski definition) is 5. The van der Waals surface area contributed by atoms with Crippen molar-refractivity contribution in [3.05, 3.63) is 29.3 Å². The molecule has 6 nitrogen and oxygen atoms in total. The van der Waals surface area contributed by atoms with Crippen LogP contribution in [0.15, 0.2) is 29.2 Å². The fourth-order valence-electron chi connectivity index (χ4n) is 1.19. The van der Waals surface area contributed by atoms with Gasteiger partial charge >= 0.3 is 0 Å². The number of carbonyl (C=O) groups excluding carboxylic acids is 1. The fraction of sp³-hybridized carbons (Fsp3) is 0.300. The first kappa shape index (κ1) is 14.9. The molecular weight excluding hydrogens is 282 g/mol. The Hall–Kier alpha value is -1.15. The van der Waals surface area contributed by atoms with Crippen LogP contribution >= 0.6 is 11.6 Å². The number of nitrogens with one attached hydrogen (secondary N) is 1. The minimum atomic E-state index is -4.06. The van der Waals surface area contributed by atoms with E-state index in [1.54, 1.807) is 0 Å². The number of carboxylic acid groups (broad SMARTS) is 1. The number of hydrogen-bond donors (Lipinski definition) is 2. The maximum absolute atomic E-state index is 11.8. The lowest BCUT2D eigenvalue weighted by Gasteiger charge is -2.22. The predicted octanol–water partition coefficient (Wildman–Crippen LogP) is -0.882. The lowest BCUT2D eigenvalue weighted by molar-refractivity contribution is -0.309. The average molecular weight is 293 g/mol. The zero-order chi connectivity index (χ0) is 13.9. The maximum Gasteiger partial charge on any atom is 0.241 e. The van der Waals surface area contributed by atoms with Gasteiger partial charge in [0.1, 0.15) is 0 Å². The first-order valence-electron chi connectivity index (χ1n) is 4.91.